The van der Waals surface area contributed by atoms with Gasteiger partial charge in [0.2, 0.25) is 0 Å². The molecule has 0 spiro atoms. The van der Waals surface area contributed by atoms with Gasteiger partial charge in [-0.1, -0.05) is 0 Å². The molecule has 2 aromatic rings. The number of carbonyl (C=O) groups is 1. The number of amides is 1. The zero-order valence-corrected chi connectivity index (χ0v) is 20.6. The van der Waals surface area contributed by atoms with E-state index in [0.29, 0.717) is 46.4 Å². The van der Waals surface area contributed by atoms with Crippen LogP contribution in [0.3, 0.4) is 0 Å². The number of nitrogens with zero attached hydrogens (tertiary/aromatic N) is 2. The van der Waals surface area contributed by atoms with Crippen LogP contribution in [0.5, 0.6) is 28.7 Å². The number of carbonyl (C=O) groups excluding carboxylic acids is 1. The summed E-state index contributed by atoms with van der Waals surface area (Å²) in [6.45, 7) is 0.0514. The number of ether oxygens (including phenoxy) is 5. The monoisotopic (exact) mass is 522 g/mol. The fourth-order valence-electron chi connectivity index (χ4n) is 3.83. The van der Waals surface area contributed by atoms with Crippen LogP contribution < -0.4 is 28.6 Å². The van der Waals surface area contributed by atoms with Crippen molar-refractivity contribution >= 4 is 26.6 Å². The van der Waals surface area contributed by atoms with E-state index >= 15 is 0 Å². The van der Waals surface area contributed by atoms with Crippen LogP contribution in [0.2, 0.25) is 5.32 Å². The Morgan fingerprint density at radius 3 is 2.27 bits per heavy atom. The minimum atomic E-state index is -0.636. The quantitative estimate of drug-likeness (QED) is 0.273. The van der Waals surface area contributed by atoms with Gasteiger partial charge in [-0.25, -0.2) is 0 Å². The van der Waals surface area contributed by atoms with Gasteiger partial charge < -0.3 is 0 Å². The maximum atomic E-state index is 13.0. The summed E-state index contributed by atoms with van der Waals surface area (Å²) >= 11 is -0.165. The molecule has 1 saturated heterocycles. The van der Waals surface area contributed by atoms with Crippen LogP contribution in [0.4, 0.5) is 5.69 Å². The molecule has 0 unspecified atom stereocenters. The van der Waals surface area contributed by atoms with Crippen molar-refractivity contribution in [3.8, 4) is 33.7 Å². The number of benzene rings is 2. The van der Waals surface area contributed by atoms with Crippen molar-refractivity contribution in [1.29, 1.82) is 5.26 Å². The molecule has 0 radical (unpaired) electrons. The Labute approximate surface area is 198 Å². The molecule has 33 heavy (non-hydrogen) atoms. The van der Waals surface area contributed by atoms with Crippen molar-refractivity contribution in [3.05, 3.63) is 35.9 Å². The standard InChI is InChI=1S/C23H26N2O7Se/c1-28-15-5-6-16(18(11-15)32-7-8-33-13-24)21-17(12-26)23(27)25(21)14-9-19(29-2)22(31-4)20(10-14)30-3/h5-6,9-11,17,21,26H,7-8,12H2,1-4H3/t17-,21+/m1/s1. The van der Waals surface area contributed by atoms with Crippen molar-refractivity contribution in [1.82, 2.24) is 0 Å². The number of anilines is 1. The number of nitriles is 1. The topological polar surface area (TPSA) is 110 Å². The van der Waals surface area contributed by atoms with Gasteiger partial charge >= 0.3 is 192 Å². The summed E-state index contributed by atoms with van der Waals surface area (Å²) in [6, 6.07) is 8.27. The fourth-order valence-corrected chi connectivity index (χ4v) is 4.37. The molecule has 1 heterocycles. The van der Waals surface area contributed by atoms with E-state index in [9.17, 15) is 9.90 Å². The second kappa shape index (κ2) is 11.1. The van der Waals surface area contributed by atoms with Crippen molar-refractivity contribution in [2.24, 2.45) is 5.92 Å². The van der Waals surface area contributed by atoms with Gasteiger partial charge in [0.05, 0.1) is 7.11 Å². The van der Waals surface area contributed by atoms with Crippen LogP contribution in [-0.2, 0) is 4.79 Å². The molecular formula is C23H26N2O7Se. The van der Waals surface area contributed by atoms with Crippen LogP contribution in [-0.4, -0.2) is 67.6 Å². The van der Waals surface area contributed by atoms with Crippen LogP contribution in [0, 0.1) is 16.1 Å². The maximum absolute atomic E-state index is 13.0. The molecule has 0 bridgehead atoms. The molecule has 2 atom stereocenters. The predicted octanol–water partition coefficient (Wildman–Crippen LogP) is 2.40. The summed E-state index contributed by atoms with van der Waals surface area (Å²) in [7, 11) is 6.08. The van der Waals surface area contributed by atoms with Crippen molar-refractivity contribution in [3.63, 3.8) is 0 Å². The van der Waals surface area contributed by atoms with Gasteiger partial charge in [0.1, 0.15) is 0 Å². The first-order chi connectivity index (χ1) is 16.0. The van der Waals surface area contributed by atoms with E-state index in [1.54, 1.807) is 36.3 Å². The summed E-state index contributed by atoms with van der Waals surface area (Å²) in [5.41, 5.74) is 1.27. The number of aliphatic hydroxyl groups excluding tert-OH is 1. The molecule has 2 aromatic carbocycles. The van der Waals surface area contributed by atoms with E-state index in [4.69, 9.17) is 28.9 Å². The van der Waals surface area contributed by atoms with Crippen LogP contribution >= 0.6 is 0 Å². The number of methoxy groups -OCH3 is 4. The molecule has 3 rings (SSSR count). The number of hydrogen-bond acceptors (Lipinski definition) is 8. The van der Waals surface area contributed by atoms with Gasteiger partial charge in [0.15, 0.2) is 0 Å². The van der Waals surface area contributed by atoms with Crippen LogP contribution in [0.1, 0.15) is 11.6 Å². The zero-order valence-electron chi connectivity index (χ0n) is 18.9. The first-order valence-electron chi connectivity index (χ1n) is 10.1. The molecule has 1 amide bonds. The first kappa shape index (κ1) is 24.5. The second-order valence-corrected chi connectivity index (χ2v) is 8.86. The molecule has 1 aliphatic rings. The summed E-state index contributed by atoms with van der Waals surface area (Å²) in [6.07, 6.45) is 0. The number of aliphatic hydroxyl groups is 1. The molecule has 1 fully saturated rings. The minimum absolute atomic E-state index is 0.165. The average molecular weight is 521 g/mol. The second-order valence-electron chi connectivity index (χ2n) is 7.02. The van der Waals surface area contributed by atoms with E-state index in [0.717, 1.165) is 5.56 Å². The number of β-lactam (4-membered cyclic amide) rings is 1. The number of hydrogen-bond donors (Lipinski definition) is 1. The summed E-state index contributed by atoms with van der Waals surface area (Å²) < 4.78 is 27.6. The Hall–Kier alpha value is -3.12. The molecule has 0 aromatic heterocycles. The third-order valence-electron chi connectivity index (χ3n) is 5.39. The predicted molar refractivity (Wildman–Crippen MR) is 122 cm³/mol. The Kier molecular flexibility index (Phi) is 8.28. The summed E-state index contributed by atoms with van der Waals surface area (Å²) in [5, 5.41) is 19.4. The first-order valence-corrected chi connectivity index (χ1v) is 12.2. The summed E-state index contributed by atoms with van der Waals surface area (Å²) in [4.78, 5) is 16.8. The van der Waals surface area contributed by atoms with Gasteiger partial charge in [0, 0.05) is 0 Å². The van der Waals surface area contributed by atoms with Crippen molar-refractivity contribution < 1.29 is 33.6 Å². The molecule has 0 aliphatic carbocycles. The van der Waals surface area contributed by atoms with Gasteiger partial charge in [-0.15, -0.1) is 0 Å². The zero-order chi connectivity index (χ0) is 24.0. The van der Waals surface area contributed by atoms with E-state index in [-0.39, 0.29) is 27.5 Å². The van der Waals surface area contributed by atoms with E-state index in [2.05, 4.69) is 4.97 Å². The molecule has 1 N–H and O–H groups in total. The molecule has 1 aliphatic heterocycles. The fraction of sp³-hybridized carbons (Fsp3) is 0.391. The summed E-state index contributed by atoms with van der Waals surface area (Å²) in [5.74, 6) is 1.52. The Morgan fingerprint density at radius 2 is 1.73 bits per heavy atom. The van der Waals surface area contributed by atoms with Gasteiger partial charge in [-0.3, -0.25) is 0 Å². The normalized spacial score (nSPS) is 17.1. The molecule has 0 saturated carbocycles. The van der Waals surface area contributed by atoms with E-state index in [1.165, 1.54) is 21.3 Å². The van der Waals surface area contributed by atoms with Crippen molar-refractivity contribution in [2.75, 3.05) is 46.6 Å². The molecule has 9 nitrogen and oxygen atoms in total. The Morgan fingerprint density at radius 1 is 1.03 bits per heavy atom. The average Bonchev–Trinajstić information content (AvgIpc) is 2.84. The molecule has 10 heteroatoms. The third-order valence-corrected chi connectivity index (χ3v) is 6.43. The third kappa shape index (κ3) is 4.81. The van der Waals surface area contributed by atoms with E-state index in [1.807, 2.05) is 6.07 Å². The molecule has 176 valence electrons. The van der Waals surface area contributed by atoms with Crippen LogP contribution in [0.25, 0.3) is 0 Å². The molecular weight excluding hydrogens is 495 g/mol. The van der Waals surface area contributed by atoms with Crippen molar-refractivity contribution in [2.45, 2.75) is 11.4 Å². The Balaban J connectivity index is 2.05. The van der Waals surface area contributed by atoms with E-state index < -0.39 is 12.0 Å². The van der Waals surface area contributed by atoms with Gasteiger partial charge in [-0.2, -0.15) is 0 Å². The number of rotatable bonds is 11. The van der Waals surface area contributed by atoms with Crippen LogP contribution in [0.15, 0.2) is 30.3 Å². The Bertz CT molecular complexity index is 1010. The SMILES string of the molecule is COc1ccc([C@H]2[C@@H](CO)C(=O)N2c2cc(OC)c(OC)c(OC)c2)c(OCC[Se]C#N)c1. The van der Waals surface area contributed by atoms with Gasteiger partial charge in [0.25, 0.3) is 0 Å². The van der Waals surface area contributed by atoms with Gasteiger partial charge in [-0.05, 0) is 0 Å².